The molecule has 2 aliphatic rings. The topological polar surface area (TPSA) is 96.1 Å². The molecule has 2 saturated heterocycles. The van der Waals surface area contributed by atoms with Crippen molar-refractivity contribution in [2.24, 2.45) is 0 Å². The minimum atomic E-state index is -0.250. The molecule has 8 nitrogen and oxygen atoms in total. The van der Waals surface area contributed by atoms with E-state index in [4.69, 9.17) is 19.1 Å². The predicted octanol–water partition coefficient (Wildman–Crippen LogP) is 2.56. The maximum absolute atomic E-state index is 12.6. The molecule has 4 rings (SSSR count). The molecule has 2 fully saturated rings. The van der Waals surface area contributed by atoms with Crippen molar-refractivity contribution in [2.45, 2.75) is 38.8 Å². The van der Waals surface area contributed by atoms with E-state index in [1.807, 2.05) is 16.2 Å². The molecule has 0 bridgehead atoms. The van der Waals surface area contributed by atoms with Gasteiger partial charge in [0.2, 0.25) is 0 Å². The lowest BCUT2D eigenvalue weighted by Crippen LogP contribution is -2.57. The molecule has 2 aromatic rings. The van der Waals surface area contributed by atoms with E-state index < -0.39 is 0 Å². The molecule has 1 N–H and O–H groups in total. The number of rotatable bonds is 3. The number of hydrogen-bond acceptors (Lipinski definition) is 7. The van der Waals surface area contributed by atoms with Gasteiger partial charge in [0, 0.05) is 42.5 Å². The van der Waals surface area contributed by atoms with Gasteiger partial charge in [-0.05, 0) is 38.8 Å². The number of aromatic nitrogens is 1. The van der Waals surface area contributed by atoms with Crippen molar-refractivity contribution in [3.63, 3.8) is 0 Å². The summed E-state index contributed by atoms with van der Waals surface area (Å²) in [7, 11) is 0. The lowest BCUT2D eigenvalue weighted by Gasteiger charge is -2.47. The largest absolute Gasteiger partial charge is 0.483 e. The molecule has 0 atom stereocenters. The number of nitrogens with zero attached hydrogens (tertiary/aromatic N) is 3. The van der Waals surface area contributed by atoms with Crippen LogP contribution in [0.3, 0.4) is 0 Å². The SMILES string of the molecule is Cc1ccc(CN2CCOC3(CCN(C(=O)c4ncoc4C)CC3)C2)s1.O=CO. The van der Waals surface area contributed by atoms with Gasteiger partial charge in [-0.15, -0.1) is 11.3 Å². The summed E-state index contributed by atoms with van der Waals surface area (Å²) < 4.78 is 11.4. The Bertz CT molecular complexity index is 826. The van der Waals surface area contributed by atoms with Crippen LogP contribution in [0.4, 0.5) is 0 Å². The molecule has 4 heterocycles. The molecule has 2 aliphatic heterocycles. The van der Waals surface area contributed by atoms with Crippen molar-refractivity contribution in [1.82, 2.24) is 14.8 Å². The summed E-state index contributed by atoms with van der Waals surface area (Å²) in [5.41, 5.74) is 0.306. The van der Waals surface area contributed by atoms with Gasteiger partial charge in [0.25, 0.3) is 12.4 Å². The van der Waals surface area contributed by atoms with Gasteiger partial charge in [0.1, 0.15) is 5.76 Å². The number of carbonyl (C=O) groups is 2. The van der Waals surface area contributed by atoms with Gasteiger partial charge < -0.3 is 19.2 Å². The maximum Gasteiger partial charge on any atom is 0.290 e. The van der Waals surface area contributed by atoms with Crippen LogP contribution in [0.5, 0.6) is 0 Å². The van der Waals surface area contributed by atoms with E-state index in [0.717, 1.165) is 39.1 Å². The highest BCUT2D eigenvalue weighted by Gasteiger charge is 2.41. The fraction of sp³-hybridized carbons (Fsp3) is 0.550. The van der Waals surface area contributed by atoms with Crippen LogP contribution in [0.15, 0.2) is 22.9 Å². The van der Waals surface area contributed by atoms with E-state index >= 15 is 0 Å². The Labute approximate surface area is 174 Å². The number of amides is 1. The quantitative estimate of drug-likeness (QED) is 0.761. The molecule has 2 aromatic heterocycles. The number of carbonyl (C=O) groups excluding carboxylic acids is 1. The summed E-state index contributed by atoms with van der Waals surface area (Å²) in [5.74, 6) is 0.550. The molecule has 9 heteroatoms. The van der Waals surface area contributed by atoms with Gasteiger partial charge in [0.05, 0.1) is 12.2 Å². The van der Waals surface area contributed by atoms with Gasteiger partial charge in [-0.3, -0.25) is 14.5 Å². The molecule has 0 radical (unpaired) electrons. The fourth-order valence-electron chi connectivity index (χ4n) is 3.93. The molecule has 0 aromatic carbocycles. The number of oxazole rings is 1. The van der Waals surface area contributed by atoms with E-state index in [9.17, 15) is 4.79 Å². The Morgan fingerprint density at radius 3 is 2.62 bits per heavy atom. The smallest absolute Gasteiger partial charge is 0.290 e. The highest BCUT2D eigenvalue weighted by molar-refractivity contribution is 7.11. The van der Waals surface area contributed by atoms with Gasteiger partial charge in [-0.25, -0.2) is 4.98 Å². The summed E-state index contributed by atoms with van der Waals surface area (Å²) in [4.78, 5) is 32.2. The Hall–Kier alpha value is -2.23. The Morgan fingerprint density at radius 2 is 2.03 bits per heavy atom. The number of likely N-dealkylation sites (tertiary alicyclic amines) is 1. The van der Waals surface area contributed by atoms with Crippen molar-refractivity contribution < 1.29 is 23.8 Å². The third-order valence-corrected chi connectivity index (χ3v) is 6.40. The lowest BCUT2D eigenvalue weighted by molar-refractivity contribution is -0.134. The first-order valence-electron chi connectivity index (χ1n) is 9.65. The molecular formula is C20H27N3O5S. The Kier molecular flexibility index (Phi) is 7.05. The number of ether oxygens (including phenoxy) is 1. The van der Waals surface area contributed by atoms with Gasteiger partial charge in [-0.1, -0.05) is 0 Å². The number of piperidine rings is 1. The molecule has 158 valence electrons. The van der Waals surface area contributed by atoms with E-state index in [-0.39, 0.29) is 18.0 Å². The van der Waals surface area contributed by atoms with Crippen molar-refractivity contribution in [3.05, 3.63) is 39.7 Å². The maximum atomic E-state index is 12.6. The second kappa shape index (κ2) is 9.51. The number of morpholine rings is 1. The highest BCUT2D eigenvalue weighted by Crippen LogP contribution is 2.32. The monoisotopic (exact) mass is 421 g/mol. The van der Waals surface area contributed by atoms with Crippen LogP contribution in [0.1, 0.15) is 38.8 Å². The minimum absolute atomic E-state index is 0.0344. The van der Waals surface area contributed by atoms with E-state index in [2.05, 4.69) is 28.9 Å². The summed E-state index contributed by atoms with van der Waals surface area (Å²) in [6, 6.07) is 4.41. The Morgan fingerprint density at radius 1 is 1.31 bits per heavy atom. The zero-order valence-corrected chi connectivity index (χ0v) is 17.6. The summed E-state index contributed by atoms with van der Waals surface area (Å²) >= 11 is 1.87. The second-order valence-corrected chi connectivity index (χ2v) is 8.78. The molecule has 0 aliphatic carbocycles. The van der Waals surface area contributed by atoms with Crippen molar-refractivity contribution in [2.75, 3.05) is 32.8 Å². The number of thiophene rings is 1. The van der Waals surface area contributed by atoms with Crippen molar-refractivity contribution >= 4 is 23.7 Å². The minimum Gasteiger partial charge on any atom is -0.483 e. The van der Waals surface area contributed by atoms with Gasteiger partial charge in [-0.2, -0.15) is 0 Å². The van der Waals surface area contributed by atoms with Crippen LogP contribution in [0, 0.1) is 13.8 Å². The zero-order valence-electron chi connectivity index (χ0n) is 16.8. The van der Waals surface area contributed by atoms with Gasteiger partial charge in [0.15, 0.2) is 12.1 Å². The molecule has 0 unspecified atom stereocenters. The number of carboxylic acid groups (broad SMARTS) is 1. The van der Waals surface area contributed by atoms with Gasteiger partial charge >= 0.3 is 0 Å². The number of hydrogen-bond donors (Lipinski definition) is 1. The normalized spacial score (nSPS) is 18.9. The molecule has 1 spiro atoms. The van der Waals surface area contributed by atoms with Crippen molar-refractivity contribution in [3.8, 4) is 0 Å². The molecule has 0 saturated carbocycles. The van der Waals surface area contributed by atoms with E-state index in [1.165, 1.54) is 16.1 Å². The predicted molar refractivity (Wildman–Crippen MR) is 108 cm³/mol. The van der Waals surface area contributed by atoms with Crippen LogP contribution in [0.25, 0.3) is 0 Å². The van der Waals surface area contributed by atoms with Crippen LogP contribution >= 0.6 is 11.3 Å². The summed E-state index contributed by atoms with van der Waals surface area (Å²) in [6.07, 6.45) is 3.08. The first-order chi connectivity index (χ1) is 14.0. The highest BCUT2D eigenvalue weighted by atomic mass is 32.1. The third-order valence-electron chi connectivity index (χ3n) is 5.41. The third kappa shape index (κ3) is 5.23. The van der Waals surface area contributed by atoms with E-state index in [0.29, 0.717) is 24.5 Å². The molecule has 29 heavy (non-hydrogen) atoms. The first kappa shape index (κ1) is 21.5. The average Bonchev–Trinajstić information content (AvgIpc) is 3.30. The average molecular weight is 422 g/mol. The van der Waals surface area contributed by atoms with Crippen LogP contribution in [-0.4, -0.2) is 70.7 Å². The first-order valence-corrected chi connectivity index (χ1v) is 10.5. The standard InChI is InChI=1S/C19H25N3O3S.CH2O2/c1-14-3-4-16(26-14)11-21-9-10-25-19(12-21)5-7-22(8-6-19)18(23)17-15(2)24-13-20-17;2-1-3/h3-4,13H,5-12H2,1-2H3;1H,(H,2,3). The van der Waals surface area contributed by atoms with Crippen LogP contribution < -0.4 is 0 Å². The molecule has 1 amide bonds. The number of aryl methyl sites for hydroxylation is 2. The summed E-state index contributed by atoms with van der Waals surface area (Å²) in [6.45, 7) is 8.76. The zero-order chi connectivity index (χ0) is 20.9. The Balaban J connectivity index is 0.000000755. The fourth-order valence-corrected chi connectivity index (χ4v) is 4.86. The summed E-state index contributed by atoms with van der Waals surface area (Å²) in [5, 5.41) is 6.89. The lowest BCUT2D eigenvalue weighted by atomic mass is 9.89. The van der Waals surface area contributed by atoms with Crippen LogP contribution in [-0.2, 0) is 16.1 Å². The van der Waals surface area contributed by atoms with Crippen molar-refractivity contribution in [1.29, 1.82) is 0 Å². The second-order valence-electron chi connectivity index (χ2n) is 7.41. The van der Waals surface area contributed by atoms with Crippen LogP contribution in [0.2, 0.25) is 0 Å². The van der Waals surface area contributed by atoms with E-state index in [1.54, 1.807) is 6.92 Å². The molecular weight excluding hydrogens is 394 g/mol.